The predicted molar refractivity (Wildman–Crippen MR) is 123 cm³/mol. The molecule has 4 aromatic rings. The number of fused-ring (bicyclic) bond motifs is 3. The van der Waals surface area contributed by atoms with Gasteiger partial charge < -0.3 is 14.6 Å². The van der Waals surface area contributed by atoms with E-state index in [9.17, 15) is 4.79 Å². The molecule has 8 heteroatoms. The van der Waals surface area contributed by atoms with Gasteiger partial charge in [0.1, 0.15) is 11.3 Å². The minimum Gasteiger partial charge on any atom is -0.497 e. The SMILES string of the molecule is CCC(Sc1nnc2c3ccccc3n(CC)c2n1)C(=O)NCc1ccc(OC)cc1. The van der Waals surface area contributed by atoms with Crippen LogP contribution in [0.1, 0.15) is 25.8 Å². The molecule has 2 aromatic carbocycles. The van der Waals surface area contributed by atoms with E-state index in [2.05, 4.69) is 33.1 Å². The van der Waals surface area contributed by atoms with Crippen molar-refractivity contribution in [2.24, 2.45) is 0 Å². The number of carbonyl (C=O) groups excluding carboxylic acids is 1. The summed E-state index contributed by atoms with van der Waals surface area (Å²) in [6.45, 7) is 5.32. The quantitative estimate of drug-likeness (QED) is 0.418. The first-order valence-electron chi connectivity index (χ1n) is 10.3. The maximum absolute atomic E-state index is 12.8. The van der Waals surface area contributed by atoms with Crippen LogP contribution in [0.25, 0.3) is 22.1 Å². The van der Waals surface area contributed by atoms with E-state index in [-0.39, 0.29) is 11.2 Å². The molecule has 1 amide bonds. The Labute approximate surface area is 185 Å². The molecule has 0 bridgehead atoms. The van der Waals surface area contributed by atoms with E-state index in [1.807, 2.05) is 49.4 Å². The lowest BCUT2D eigenvalue weighted by molar-refractivity contribution is -0.120. The molecule has 2 heterocycles. The maximum atomic E-state index is 12.8. The highest BCUT2D eigenvalue weighted by molar-refractivity contribution is 8.00. The number of aryl methyl sites for hydroxylation is 1. The van der Waals surface area contributed by atoms with Crippen LogP contribution in [0, 0.1) is 0 Å². The summed E-state index contributed by atoms with van der Waals surface area (Å²) in [5.74, 6) is 0.754. The Bertz CT molecular complexity index is 1210. The fourth-order valence-corrected chi connectivity index (χ4v) is 4.39. The number of aromatic nitrogens is 4. The Morgan fingerprint density at radius 2 is 1.90 bits per heavy atom. The number of nitrogens with zero attached hydrogens (tertiary/aromatic N) is 4. The van der Waals surface area contributed by atoms with Crippen LogP contribution in [0.5, 0.6) is 5.75 Å². The van der Waals surface area contributed by atoms with Gasteiger partial charge in [-0.2, -0.15) is 0 Å². The van der Waals surface area contributed by atoms with Gasteiger partial charge in [-0.3, -0.25) is 4.79 Å². The largest absolute Gasteiger partial charge is 0.497 e. The molecule has 1 unspecified atom stereocenters. The summed E-state index contributed by atoms with van der Waals surface area (Å²) in [5, 5.41) is 13.0. The summed E-state index contributed by atoms with van der Waals surface area (Å²) in [4.78, 5) is 17.5. The van der Waals surface area contributed by atoms with Crippen molar-refractivity contribution in [3.8, 4) is 5.75 Å². The first-order chi connectivity index (χ1) is 15.1. The van der Waals surface area contributed by atoms with Crippen LogP contribution in [-0.2, 0) is 17.9 Å². The first-order valence-corrected chi connectivity index (χ1v) is 11.2. The van der Waals surface area contributed by atoms with E-state index < -0.39 is 0 Å². The average Bonchev–Trinajstić information content (AvgIpc) is 3.14. The number of hydrogen-bond acceptors (Lipinski definition) is 6. The average molecular weight is 436 g/mol. The van der Waals surface area contributed by atoms with Crippen molar-refractivity contribution >= 4 is 39.7 Å². The standard InChI is InChI=1S/C23H25N5O2S/c1-4-19(22(29)24-14-15-10-12-16(30-3)13-11-15)31-23-25-21-20(26-27-23)17-8-6-7-9-18(17)28(21)5-2/h6-13,19H,4-5,14H2,1-3H3,(H,24,29). The summed E-state index contributed by atoms with van der Waals surface area (Å²) < 4.78 is 7.30. The molecule has 0 aliphatic heterocycles. The lowest BCUT2D eigenvalue weighted by Crippen LogP contribution is -2.32. The molecule has 0 fully saturated rings. The van der Waals surface area contributed by atoms with Gasteiger partial charge >= 0.3 is 0 Å². The highest BCUT2D eigenvalue weighted by atomic mass is 32.2. The van der Waals surface area contributed by atoms with Crippen LogP contribution >= 0.6 is 11.8 Å². The van der Waals surface area contributed by atoms with Gasteiger partial charge in [0, 0.05) is 18.5 Å². The molecule has 0 radical (unpaired) electrons. The number of amides is 1. The number of rotatable bonds is 8. The Hall–Kier alpha value is -3.13. The lowest BCUT2D eigenvalue weighted by Gasteiger charge is -2.14. The number of methoxy groups -OCH3 is 1. The molecule has 1 atom stereocenters. The Morgan fingerprint density at radius 1 is 1.13 bits per heavy atom. The molecule has 1 N–H and O–H groups in total. The van der Waals surface area contributed by atoms with E-state index >= 15 is 0 Å². The van der Waals surface area contributed by atoms with Gasteiger partial charge in [0.25, 0.3) is 0 Å². The van der Waals surface area contributed by atoms with Crippen LogP contribution in [0.4, 0.5) is 0 Å². The summed E-state index contributed by atoms with van der Waals surface area (Å²) in [5.41, 5.74) is 3.70. The van der Waals surface area contributed by atoms with Crippen molar-refractivity contribution in [1.82, 2.24) is 25.1 Å². The zero-order chi connectivity index (χ0) is 21.8. The monoisotopic (exact) mass is 435 g/mol. The lowest BCUT2D eigenvalue weighted by atomic mass is 10.2. The molecule has 7 nitrogen and oxygen atoms in total. The van der Waals surface area contributed by atoms with E-state index in [1.165, 1.54) is 11.8 Å². The summed E-state index contributed by atoms with van der Waals surface area (Å²) >= 11 is 1.35. The molecule has 0 spiro atoms. The topological polar surface area (TPSA) is 81.9 Å². The van der Waals surface area contributed by atoms with Crippen molar-refractivity contribution in [2.75, 3.05) is 7.11 Å². The van der Waals surface area contributed by atoms with E-state index in [1.54, 1.807) is 7.11 Å². The summed E-state index contributed by atoms with van der Waals surface area (Å²) in [6.07, 6.45) is 0.664. The number of benzene rings is 2. The second kappa shape index (κ2) is 9.34. The highest BCUT2D eigenvalue weighted by Gasteiger charge is 2.21. The fraction of sp³-hybridized carbons (Fsp3) is 0.304. The highest BCUT2D eigenvalue weighted by Crippen LogP contribution is 2.28. The van der Waals surface area contributed by atoms with Gasteiger partial charge in [0.2, 0.25) is 11.1 Å². The Kier molecular flexibility index (Phi) is 6.36. The molecule has 0 saturated carbocycles. The molecular weight excluding hydrogens is 410 g/mol. The number of hydrogen-bond donors (Lipinski definition) is 1. The van der Waals surface area contributed by atoms with Crippen LogP contribution in [0.2, 0.25) is 0 Å². The number of ether oxygens (including phenoxy) is 1. The molecule has 2 aromatic heterocycles. The predicted octanol–water partition coefficient (Wildman–Crippen LogP) is 4.20. The van der Waals surface area contributed by atoms with Crippen molar-refractivity contribution in [3.63, 3.8) is 0 Å². The summed E-state index contributed by atoms with van der Waals surface area (Å²) in [7, 11) is 1.63. The van der Waals surface area contributed by atoms with Crippen molar-refractivity contribution in [3.05, 3.63) is 54.1 Å². The smallest absolute Gasteiger partial charge is 0.233 e. The van der Waals surface area contributed by atoms with Gasteiger partial charge in [-0.05, 0) is 37.1 Å². The fourth-order valence-electron chi connectivity index (χ4n) is 3.56. The van der Waals surface area contributed by atoms with Crippen LogP contribution < -0.4 is 10.1 Å². The second-order valence-corrected chi connectivity index (χ2v) is 8.28. The Morgan fingerprint density at radius 3 is 2.61 bits per heavy atom. The molecule has 0 aliphatic carbocycles. The third-order valence-electron chi connectivity index (χ3n) is 5.21. The van der Waals surface area contributed by atoms with Gasteiger partial charge in [-0.15, -0.1) is 10.2 Å². The minimum absolute atomic E-state index is 0.0388. The maximum Gasteiger partial charge on any atom is 0.233 e. The molecule has 0 saturated heterocycles. The van der Waals surface area contributed by atoms with Crippen LogP contribution in [-0.4, -0.2) is 38.0 Å². The molecule has 0 aliphatic rings. The van der Waals surface area contributed by atoms with Crippen molar-refractivity contribution in [2.45, 2.75) is 43.8 Å². The summed E-state index contributed by atoms with van der Waals surface area (Å²) in [6, 6.07) is 15.8. The third kappa shape index (κ3) is 4.34. The second-order valence-electron chi connectivity index (χ2n) is 7.11. The third-order valence-corrected chi connectivity index (χ3v) is 6.42. The molecule has 31 heavy (non-hydrogen) atoms. The van der Waals surface area contributed by atoms with Gasteiger partial charge in [0.05, 0.1) is 17.9 Å². The number of carbonyl (C=O) groups is 1. The normalized spacial score (nSPS) is 12.2. The number of thioether (sulfide) groups is 1. The van der Waals surface area contributed by atoms with E-state index in [4.69, 9.17) is 9.72 Å². The van der Waals surface area contributed by atoms with Crippen LogP contribution in [0.3, 0.4) is 0 Å². The molecular formula is C23H25N5O2S. The number of para-hydroxylation sites is 1. The zero-order valence-corrected chi connectivity index (χ0v) is 18.6. The first kappa shape index (κ1) is 21.1. The van der Waals surface area contributed by atoms with Crippen LogP contribution in [0.15, 0.2) is 53.7 Å². The number of nitrogens with one attached hydrogen (secondary N) is 1. The van der Waals surface area contributed by atoms with Crippen molar-refractivity contribution < 1.29 is 9.53 Å². The minimum atomic E-state index is -0.294. The molecule has 4 rings (SSSR count). The van der Waals surface area contributed by atoms with Gasteiger partial charge in [-0.1, -0.05) is 49.0 Å². The molecule has 160 valence electrons. The van der Waals surface area contributed by atoms with Crippen molar-refractivity contribution in [1.29, 1.82) is 0 Å². The zero-order valence-electron chi connectivity index (χ0n) is 17.8. The van der Waals surface area contributed by atoms with E-state index in [0.717, 1.165) is 39.9 Å². The van der Waals surface area contributed by atoms with Gasteiger partial charge in [-0.25, -0.2) is 4.98 Å². The van der Waals surface area contributed by atoms with E-state index in [0.29, 0.717) is 18.1 Å². The van der Waals surface area contributed by atoms with Gasteiger partial charge in [0.15, 0.2) is 5.65 Å². The Balaban J connectivity index is 1.50.